The summed E-state index contributed by atoms with van der Waals surface area (Å²) in [5.74, 6) is -4.32. The van der Waals surface area contributed by atoms with Gasteiger partial charge in [-0.1, -0.05) is 29.3 Å². The van der Waals surface area contributed by atoms with Crippen LogP contribution in [0.4, 0.5) is 0 Å². The third-order valence-electron chi connectivity index (χ3n) is 3.75. The van der Waals surface area contributed by atoms with E-state index in [1.54, 1.807) is 31.2 Å². The molecule has 110 valence electrons. The highest BCUT2D eigenvalue weighted by atomic mass is 35.5. The van der Waals surface area contributed by atoms with E-state index < -0.39 is 35.4 Å². The molecule has 2 amide bonds. The van der Waals surface area contributed by atoms with Crippen LogP contribution in [-0.2, 0) is 14.4 Å². The Balaban J connectivity index is 2.60. The zero-order valence-corrected chi connectivity index (χ0v) is 12.1. The second-order valence-corrected chi connectivity index (χ2v) is 5.56. The van der Waals surface area contributed by atoms with Gasteiger partial charge in [0, 0.05) is 10.9 Å². The number of hydrogen-bond donors (Lipinski definition) is 2. The van der Waals surface area contributed by atoms with Gasteiger partial charge in [-0.3, -0.25) is 14.4 Å². The van der Waals surface area contributed by atoms with Crippen molar-refractivity contribution in [1.82, 2.24) is 0 Å². The molecule has 0 bridgehead atoms. The molecule has 0 radical (unpaired) electrons. The van der Waals surface area contributed by atoms with Crippen molar-refractivity contribution in [2.75, 3.05) is 0 Å². The van der Waals surface area contributed by atoms with Crippen molar-refractivity contribution in [3.63, 3.8) is 0 Å². The third kappa shape index (κ3) is 2.83. The Bertz CT molecular complexity index is 637. The maximum atomic E-state index is 12.1. The summed E-state index contributed by atoms with van der Waals surface area (Å²) in [4.78, 5) is 35.6. The number of nitrogens with two attached hydrogens (primary N) is 2. The fourth-order valence-corrected chi connectivity index (χ4v) is 2.97. The monoisotopic (exact) mass is 306 g/mol. The van der Waals surface area contributed by atoms with Gasteiger partial charge in [-0.15, -0.1) is 0 Å². The third-order valence-corrected chi connectivity index (χ3v) is 4.01. The molecular formula is C15H15ClN2O3. The van der Waals surface area contributed by atoms with E-state index >= 15 is 0 Å². The minimum atomic E-state index is -1.10. The minimum Gasteiger partial charge on any atom is -0.369 e. The van der Waals surface area contributed by atoms with Gasteiger partial charge in [-0.2, -0.15) is 0 Å². The summed E-state index contributed by atoms with van der Waals surface area (Å²) in [6.45, 7) is 1.65. The fraction of sp³-hybridized carbons (Fsp3) is 0.267. The van der Waals surface area contributed by atoms with Crippen LogP contribution in [-0.4, -0.2) is 17.6 Å². The van der Waals surface area contributed by atoms with Crippen LogP contribution in [0, 0.1) is 11.8 Å². The quantitative estimate of drug-likeness (QED) is 0.819. The predicted molar refractivity (Wildman–Crippen MR) is 78.3 cm³/mol. The first-order valence-corrected chi connectivity index (χ1v) is 6.77. The van der Waals surface area contributed by atoms with E-state index in [0.717, 1.165) is 0 Å². The average molecular weight is 307 g/mol. The lowest BCUT2D eigenvalue weighted by atomic mass is 9.68. The molecule has 0 saturated heterocycles. The first-order valence-electron chi connectivity index (χ1n) is 6.39. The predicted octanol–water partition coefficient (Wildman–Crippen LogP) is 1.16. The number of benzene rings is 1. The van der Waals surface area contributed by atoms with Gasteiger partial charge >= 0.3 is 0 Å². The molecule has 3 unspecified atom stereocenters. The molecule has 0 fully saturated rings. The molecule has 2 rings (SSSR count). The summed E-state index contributed by atoms with van der Waals surface area (Å²) in [6, 6.07) is 6.60. The standard InChI is InChI=1S/C15H15ClN2O3/c1-7-6-10(19)13(15(18)21)12(11(7)14(17)20)8-2-4-9(16)5-3-8/h2-6,11-13H,1H3,(H2,17,20)(H2,18,21). The lowest BCUT2D eigenvalue weighted by Crippen LogP contribution is -2.44. The van der Waals surface area contributed by atoms with E-state index in [4.69, 9.17) is 23.1 Å². The van der Waals surface area contributed by atoms with Gasteiger partial charge < -0.3 is 11.5 Å². The van der Waals surface area contributed by atoms with Crippen LogP contribution in [0.25, 0.3) is 0 Å². The van der Waals surface area contributed by atoms with Crippen LogP contribution in [0.15, 0.2) is 35.9 Å². The highest BCUT2D eigenvalue weighted by Crippen LogP contribution is 2.40. The Kier molecular flexibility index (Phi) is 4.14. The number of carbonyl (C=O) groups is 3. The second kappa shape index (κ2) is 5.69. The van der Waals surface area contributed by atoms with Gasteiger partial charge in [-0.25, -0.2) is 0 Å². The van der Waals surface area contributed by atoms with Crippen molar-refractivity contribution in [2.24, 2.45) is 23.3 Å². The molecule has 6 heteroatoms. The van der Waals surface area contributed by atoms with Crippen molar-refractivity contribution in [3.8, 4) is 0 Å². The first-order chi connectivity index (χ1) is 9.82. The summed E-state index contributed by atoms with van der Waals surface area (Å²) >= 11 is 5.84. The molecular weight excluding hydrogens is 292 g/mol. The summed E-state index contributed by atoms with van der Waals surface area (Å²) in [5.41, 5.74) is 12.0. The smallest absolute Gasteiger partial charge is 0.229 e. The van der Waals surface area contributed by atoms with Crippen LogP contribution >= 0.6 is 11.6 Å². The number of ketones is 1. The van der Waals surface area contributed by atoms with Gasteiger partial charge in [0.2, 0.25) is 11.8 Å². The number of rotatable bonds is 3. The largest absolute Gasteiger partial charge is 0.369 e. The molecule has 5 nitrogen and oxygen atoms in total. The fourth-order valence-electron chi connectivity index (χ4n) is 2.85. The lowest BCUT2D eigenvalue weighted by molar-refractivity contribution is -0.132. The van der Waals surface area contributed by atoms with E-state index in [9.17, 15) is 14.4 Å². The lowest BCUT2D eigenvalue weighted by Gasteiger charge is -2.33. The number of amides is 2. The Morgan fingerprint density at radius 3 is 2.05 bits per heavy atom. The second-order valence-electron chi connectivity index (χ2n) is 5.13. The average Bonchev–Trinajstić information content (AvgIpc) is 2.37. The van der Waals surface area contributed by atoms with Gasteiger partial charge in [-0.05, 0) is 30.7 Å². The summed E-state index contributed by atoms with van der Waals surface area (Å²) < 4.78 is 0. The molecule has 0 heterocycles. The number of carbonyl (C=O) groups excluding carboxylic acids is 3. The van der Waals surface area contributed by atoms with Crippen LogP contribution in [0.1, 0.15) is 18.4 Å². The molecule has 0 saturated carbocycles. The summed E-state index contributed by atoms with van der Waals surface area (Å²) in [5, 5.41) is 0.513. The minimum absolute atomic E-state index is 0.405. The Hall–Kier alpha value is -2.14. The van der Waals surface area contributed by atoms with Crippen molar-refractivity contribution in [2.45, 2.75) is 12.8 Å². The van der Waals surface area contributed by atoms with Crippen molar-refractivity contribution >= 4 is 29.2 Å². The van der Waals surface area contributed by atoms with Gasteiger partial charge in [0.05, 0.1) is 5.92 Å². The number of halogens is 1. The van der Waals surface area contributed by atoms with E-state index in [1.807, 2.05) is 0 Å². The van der Waals surface area contributed by atoms with Crippen LogP contribution in [0.3, 0.4) is 0 Å². The maximum absolute atomic E-state index is 12.1. The van der Waals surface area contributed by atoms with Crippen molar-refractivity contribution < 1.29 is 14.4 Å². The van der Waals surface area contributed by atoms with Crippen LogP contribution < -0.4 is 11.5 Å². The molecule has 3 atom stereocenters. The van der Waals surface area contributed by atoms with E-state index in [0.29, 0.717) is 16.2 Å². The van der Waals surface area contributed by atoms with Crippen molar-refractivity contribution in [3.05, 3.63) is 46.5 Å². The molecule has 4 N–H and O–H groups in total. The molecule has 1 aromatic rings. The van der Waals surface area contributed by atoms with Gasteiger partial charge in [0.25, 0.3) is 0 Å². The number of allylic oxidation sites excluding steroid dienone is 1. The van der Waals surface area contributed by atoms with Crippen LogP contribution in [0.2, 0.25) is 5.02 Å². The zero-order chi connectivity index (χ0) is 15.7. The highest BCUT2D eigenvalue weighted by Gasteiger charge is 2.44. The van der Waals surface area contributed by atoms with E-state index in [2.05, 4.69) is 0 Å². The zero-order valence-electron chi connectivity index (χ0n) is 11.4. The summed E-state index contributed by atoms with van der Waals surface area (Å²) in [7, 11) is 0. The highest BCUT2D eigenvalue weighted by molar-refractivity contribution is 6.30. The van der Waals surface area contributed by atoms with Gasteiger partial charge in [0.15, 0.2) is 5.78 Å². The molecule has 1 aromatic carbocycles. The first kappa shape index (κ1) is 15.3. The van der Waals surface area contributed by atoms with Crippen molar-refractivity contribution in [1.29, 1.82) is 0 Å². The number of hydrogen-bond acceptors (Lipinski definition) is 3. The summed E-state index contributed by atoms with van der Waals surface area (Å²) in [6.07, 6.45) is 1.28. The molecule has 0 spiro atoms. The van der Waals surface area contributed by atoms with E-state index in [-0.39, 0.29) is 0 Å². The van der Waals surface area contributed by atoms with E-state index in [1.165, 1.54) is 6.08 Å². The molecule has 0 aliphatic heterocycles. The molecule has 1 aliphatic rings. The normalized spacial score (nSPS) is 25.3. The molecule has 21 heavy (non-hydrogen) atoms. The Morgan fingerprint density at radius 1 is 1.05 bits per heavy atom. The maximum Gasteiger partial charge on any atom is 0.229 e. The SMILES string of the molecule is CC1=CC(=O)C(C(N)=O)C(c2ccc(Cl)cc2)C1C(N)=O. The van der Waals surface area contributed by atoms with Crippen LogP contribution in [0.5, 0.6) is 0 Å². The molecule has 0 aromatic heterocycles. The Labute approximate surface area is 126 Å². The Morgan fingerprint density at radius 2 is 1.57 bits per heavy atom. The molecule has 1 aliphatic carbocycles. The topological polar surface area (TPSA) is 103 Å². The number of primary amides is 2. The van der Waals surface area contributed by atoms with Gasteiger partial charge in [0.1, 0.15) is 5.92 Å².